The van der Waals surface area contributed by atoms with Gasteiger partial charge in [0.05, 0.1) is 18.3 Å². The second-order valence-corrected chi connectivity index (χ2v) is 6.36. The van der Waals surface area contributed by atoms with E-state index in [4.69, 9.17) is 10.2 Å². The van der Waals surface area contributed by atoms with E-state index in [0.29, 0.717) is 11.6 Å². The van der Waals surface area contributed by atoms with Gasteiger partial charge in [0.1, 0.15) is 6.26 Å². The minimum Gasteiger partial charge on any atom is -0.444 e. The quantitative estimate of drug-likeness (QED) is 0.742. The molecule has 0 spiro atoms. The molecule has 1 heterocycles. The van der Waals surface area contributed by atoms with Crippen molar-refractivity contribution < 1.29 is 14.0 Å². The van der Waals surface area contributed by atoms with E-state index < -0.39 is 6.04 Å². The van der Waals surface area contributed by atoms with Gasteiger partial charge in [-0.05, 0) is 37.5 Å². The van der Waals surface area contributed by atoms with Crippen molar-refractivity contribution in [2.75, 3.05) is 11.9 Å². The molecule has 7 heteroatoms. The molecular weight excluding hydrogens is 320 g/mol. The molecule has 4 N–H and O–H groups in total. The summed E-state index contributed by atoms with van der Waals surface area (Å²) in [6.07, 6.45) is 1.57. The normalized spacial score (nSPS) is 12.1. The number of anilines is 1. The molecule has 0 bridgehead atoms. The molecule has 1 aromatic heterocycles. The summed E-state index contributed by atoms with van der Waals surface area (Å²) in [4.78, 5) is 28.2. The van der Waals surface area contributed by atoms with Gasteiger partial charge in [-0.2, -0.15) is 0 Å². The highest BCUT2D eigenvalue weighted by atomic mass is 16.3. The smallest absolute Gasteiger partial charge is 0.243 e. The molecule has 25 heavy (non-hydrogen) atoms. The molecule has 0 saturated heterocycles. The lowest BCUT2D eigenvalue weighted by Crippen LogP contribution is -2.46. The third kappa shape index (κ3) is 4.90. The fraction of sp³-hybridized carbons (Fsp3) is 0.389. The molecule has 2 amide bonds. The van der Waals surface area contributed by atoms with Crippen LogP contribution in [0.2, 0.25) is 0 Å². The molecule has 7 nitrogen and oxygen atoms in total. The zero-order chi connectivity index (χ0) is 18.6. The Kier molecular flexibility index (Phi) is 5.93. The molecule has 0 aliphatic carbocycles. The lowest BCUT2D eigenvalue weighted by molar-refractivity contribution is -0.125. The number of carbonyl (C=O) groups excluding carboxylic acids is 2. The number of aryl methyl sites for hydroxylation is 2. The molecule has 0 aliphatic rings. The van der Waals surface area contributed by atoms with E-state index in [1.54, 1.807) is 12.3 Å². The SMILES string of the molecule is Cc1coc(-c2ccc(C)c(NC(=O)CNC(=O)[C@@H](N)C(C)C)c2)n1. The molecule has 1 aromatic carbocycles. The third-order valence-electron chi connectivity index (χ3n) is 3.82. The summed E-state index contributed by atoms with van der Waals surface area (Å²) in [6, 6.07) is 4.91. The van der Waals surface area contributed by atoms with Crippen molar-refractivity contribution in [1.82, 2.24) is 10.3 Å². The van der Waals surface area contributed by atoms with Gasteiger partial charge >= 0.3 is 0 Å². The molecule has 1 atom stereocenters. The number of hydrogen-bond acceptors (Lipinski definition) is 5. The zero-order valence-corrected chi connectivity index (χ0v) is 14.9. The lowest BCUT2D eigenvalue weighted by atomic mass is 10.1. The van der Waals surface area contributed by atoms with Gasteiger partial charge < -0.3 is 20.8 Å². The summed E-state index contributed by atoms with van der Waals surface area (Å²) in [5.41, 5.74) is 8.83. The summed E-state index contributed by atoms with van der Waals surface area (Å²) >= 11 is 0. The highest BCUT2D eigenvalue weighted by Crippen LogP contribution is 2.24. The largest absolute Gasteiger partial charge is 0.444 e. The van der Waals surface area contributed by atoms with Gasteiger partial charge in [0.25, 0.3) is 0 Å². The number of nitrogens with one attached hydrogen (secondary N) is 2. The summed E-state index contributed by atoms with van der Waals surface area (Å²) < 4.78 is 5.38. The van der Waals surface area contributed by atoms with Crippen LogP contribution in [0.1, 0.15) is 25.1 Å². The fourth-order valence-corrected chi connectivity index (χ4v) is 2.16. The van der Waals surface area contributed by atoms with Gasteiger partial charge in [0, 0.05) is 11.3 Å². The predicted molar refractivity (Wildman–Crippen MR) is 95.9 cm³/mol. The van der Waals surface area contributed by atoms with E-state index in [0.717, 1.165) is 16.8 Å². The van der Waals surface area contributed by atoms with E-state index in [-0.39, 0.29) is 24.3 Å². The molecule has 0 saturated carbocycles. The average molecular weight is 344 g/mol. The monoisotopic (exact) mass is 344 g/mol. The number of nitrogens with two attached hydrogens (primary N) is 1. The lowest BCUT2D eigenvalue weighted by Gasteiger charge is -2.15. The van der Waals surface area contributed by atoms with E-state index in [1.165, 1.54) is 0 Å². The van der Waals surface area contributed by atoms with Gasteiger partial charge in [-0.25, -0.2) is 4.98 Å². The van der Waals surface area contributed by atoms with Crippen molar-refractivity contribution >= 4 is 17.5 Å². The molecule has 2 rings (SSSR count). The summed E-state index contributed by atoms with van der Waals surface area (Å²) in [6.45, 7) is 7.29. The first kappa shape index (κ1) is 18.7. The van der Waals surface area contributed by atoms with Crippen LogP contribution in [0.5, 0.6) is 0 Å². The zero-order valence-electron chi connectivity index (χ0n) is 14.9. The Morgan fingerprint density at radius 3 is 2.60 bits per heavy atom. The second-order valence-electron chi connectivity index (χ2n) is 6.36. The first-order valence-corrected chi connectivity index (χ1v) is 8.14. The Balaban J connectivity index is 2.02. The molecule has 0 aliphatic heterocycles. The Hall–Kier alpha value is -2.67. The number of amides is 2. The molecule has 2 aromatic rings. The van der Waals surface area contributed by atoms with Crippen molar-refractivity contribution in [1.29, 1.82) is 0 Å². The number of carbonyl (C=O) groups is 2. The summed E-state index contributed by atoms with van der Waals surface area (Å²) in [7, 11) is 0. The number of nitrogens with zero attached hydrogens (tertiary/aromatic N) is 1. The van der Waals surface area contributed by atoms with Crippen molar-refractivity contribution in [3.8, 4) is 11.5 Å². The van der Waals surface area contributed by atoms with Gasteiger partial charge in [0.2, 0.25) is 17.7 Å². The van der Waals surface area contributed by atoms with Crippen molar-refractivity contribution in [3.63, 3.8) is 0 Å². The van der Waals surface area contributed by atoms with Crippen LogP contribution >= 0.6 is 0 Å². The Labute approximate surface area is 147 Å². The topological polar surface area (TPSA) is 110 Å². The van der Waals surface area contributed by atoms with Gasteiger partial charge in [-0.1, -0.05) is 19.9 Å². The van der Waals surface area contributed by atoms with Crippen LogP contribution < -0.4 is 16.4 Å². The maximum atomic E-state index is 12.1. The van der Waals surface area contributed by atoms with Crippen LogP contribution in [0, 0.1) is 19.8 Å². The molecule has 134 valence electrons. The summed E-state index contributed by atoms with van der Waals surface area (Å²) in [5, 5.41) is 5.33. The Morgan fingerprint density at radius 2 is 2.00 bits per heavy atom. The van der Waals surface area contributed by atoms with Gasteiger partial charge in [0.15, 0.2) is 0 Å². The Morgan fingerprint density at radius 1 is 1.28 bits per heavy atom. The maximum absolute atomic E-state index is 12.1. The first-order valence-electron chi connectivity index (χ1n) is 8.14. The Bertz CT molecular complexity index is 767. The highest BCUT2D eigenvalue weighted by Gasteiger charge is 2.18. The number of benzene rings is 1. The van der Waals surface area contributed by atoms with Crippen LogP contribution in [-0.4, -0.2) is 29.4 Å². The van der Waals surface area contributed by atoms with Crippen LogP contribution in [0.4, 0.5) is 5.69 Å². The molecular formula is C18H24N4O3. The predicted octanol–water partition coefficient (Wildman–Crippen LogP) is 2.00. The maximum Gasteiger partial charge on any atom is 0.243 e. The fourth-order valence-electron chi connectivity index (χ4n) is 2.16. The van der Waals surface area contributed by atoms with Crippen LogP contribution in [0.15, 0.2) is 28.9 Å². The summed E-state index contributed by atoms with van der Waals surface area (Å²) in [5.74, 6) is -0.172. The minimum atomic E-state index is -0.633. The van der Waals surface area contributed by atoms with Crippen molar-refractivity contribution in [3.05, 3.63) is 35.7 Å². The number of rotatable bonds is 6. The number of hydrogen-bond donors (Lipinski definition) is 3. The van der Waals surface area contributed by atoms with Crippen molar-refractivity contribution in [2.45, 2.75) is 33.7 Å². The molecule has 0 unspecified atom stereocenters. The first-order chi connectivity index (χ1) is 11.8. The second kappa shape index (κ2) is 7.94. The van der Waals surface area contributed by atoms with E-state index in [9.17, 15) is 9.59 Å². The van der Waals surface area contributed by atoms with Gasteiger partial charge in [-0.3, -0.25) is 9.59 Å². The minimum absolute atomic E-state index is 0.00578. The standard InChI is InChI=1S/C18H24N4O3/c1-10(2)16(19)17(24)20-8-15(23)22-14-7-13(6-5-11(14)3)18-21-12(4)9-25-18/h5-7,9-10,16H,8,19H2,1-4H3,(H,20,24)(H,22,23)/t16-/m0/s1. The molecule has 0 fully saturated rings. The van der Waals surface area contributed by atoms with Gasteiger partial charge in [-0.15, -0.1) is 0 Å². The number of aromatic nitrogens is 1. The molecule has 0 radical (unpaired) electrons. The van der Waals surface area contributed by atoms with Crippen LogP contribution in [0.3, 0.4) is 0 Å². The van der Waals surface area contributed by atoms with Crippen molar-refractivity contribution in [2.24, 2.45) is 11.7 Å². The van der Waals surface area contributed by atoms with E-state index in [2.05, 4.69) is 15.6 Å². The highest BCUT2D eigenvalue weighted by molar-refractivity contribution is 5.96. The third-order valence-corrected chi connectivity index (χ3v) is 3.82. The number of oxazole rings is 1. The van der Waals surface area contributed by atoms with E-state index >= 15 is 0 Å². The van der Waals surface area contributed by atoms with E-state index in [1.807, 2.05) is 39.8 Å². The van der Waals surface area contributed by atoms with Crippen LogP contribution in [-0.2, 0) is 9.59 Å². The average Bonchev–Trinajstić information content (AvgIpc) is 3.00. The van der Waals surface area contributed by atoms with Crippen LogP contribution in [0.25, 0.3) is 11.5 Å².